The van der Waals surface area contributed by atoms with Gasteiger partial charge in [0.25, 0.3) is 0 Å². The summed E-state index contributed by atoms with van der Waals surface area (Å²) in [5.41, 5.74) is 1.73. The van der Waals surface area contributed by atoms with Gasteiger partial charge in [-0.25, -0.2) is 0 Å². The Labute approximate surface area is 184 Å². The molecular formula is C21H23N5O2S2. The molecule has 0 saturated carbocycles. The van der Waals surface area contributed by atoms with Crippen LogP contribution < -0.4 is 10.1 Å². The average molecular weight is 442 g/mol. The van der Waals surface area contributed by atoms with Crippen LogP contribution in [-0.4, -0.2) is 26.4 Å². The lowest BCUT2D eigenvalue weighted by atomic mass is 10.2. The summed E-state index contributed by atoms with van der Waals surface area (Å²) < 4.78 is 7.99. The zero-order valence-electron chi connectivity index (χ0n) is 17.1. The van der Waals surface area contributed by atoms with Crippen LogP contribution in [0.1, 0.15) is 43.8 Å². The number of carbonyl (C=O) groups excluding carboxylic acids is 1. The second-order valence-electron chi connectivity index (χ2n) is 6.45. The molecule has 1 atom stereocenters. The van der Waals surface area contributed by atoms with Gasteiger partial charge in [-0.15, -0.1) is 21.5 Å². The molecule has 1 N–H and O–H groups in total. The number of thiophene rings is 1. The van der Waals surface area contributed by atoms with Crippen LogP contribution in [0.3, 0.4) is 0 Å². The van der Waals surface area contributed by atoms with Crippen molar-refractivity contribution >= 4 is 34.0 Å². The van der Waals surface area contributed by atoms with E-state index in [1.807, 2.05) is 30.5 Å². The number of benzene rings is 1. The SMILES string of the molecule is CCc1ccc(OC(C)c2nnc(SCC(=O)Nc3sccc3C#N)n2CC)cc1. The van der Waals surface area contributed by atoms with Gasteiger partial charge in [-0.3, -0.25) is 4.79 Å². The number of anilines is 1. The van der Waals surface area contributed by atoms with Gasteiger partial charge in [-0.05, 0) is 49.4 Å². The Hall–Kier alpha value is -2.83. The maximum absolute atomic E-state index is 12.3. The van der Waals surface area contributed by atoms with Crippen molar-refractivity contribution < 1.29 is 9.53 Å². The zero-order chi connectivity index (χ0) is 21.5. The number of amides is 1. The molecule has 0 spiro atoms. The van der Waals surface area contributed by atoms with Gasteiger partial charge in [0.05, 0.1) is 11.3 Å². The molecule has 9 heteroatoms. The lowest BCUT2D eigenvalue weighted by molar-refractivity contribution is -0.113. The Morgan fingerprint density at radius 1 is 1.30 bits per heavy atom. The summed E-state index contributed by atoms with van der Waals surface area (Å²) in [7, 11) is 0. The van der Waals surface area contributed by atoms with E-state index >= 15 is 0 Å². The quantitative estimate of drug-likeness (QED) is 0.485. The molecule has 1 unspecified atom stereocenters. The fourth-order valence-corrected chi connectivity index (χ4v) is 4.42. The molecule has 2 heterocycles. The minimum absolute atomic E-state index is 0.175. The van der Waals surface area contributed by atoms with E-state index in [0.717, 1.165) is 12.2 Å². The number of nitrogens with one attached hydrogen (secondary N) is 1. The molecule has 0 bridgehead atoms. The van der Waals surface area contributed by atoms with Crippen LogP contribution in [0.2, 0.25) is 0 Å². The van der Waals surface area contributed by atoms with Crippen LogP contribution in [0, 0.1) is 11.3 Å². The summed E-state index contributed by atoms with van der Waals surface area (Å²) in [4.78, 5) is 12.3. The molecule has 1 aromatic carbocycles. The highest BCUT2D eigenvalue weighted by Crippen LogP contribution is 2.26. The Bertz CT molecular complexity index is 1040. The normalized spacial score (nSPS) is 11.7. The predicted molar refractivity (Wildman–Crippen MR) is 119 cm³/mol. The van der Waals surface area contributed by atoms with Gasteiger partial charge < -0.3 is 14.6 Å². The molecule has 3 aromatic rings. The Morgan fingerprint density at radius 3 is 2.73 bits per heavy atom. The monoisotopic (exact) mass is 441 g/mol. The third kappa shape index (κ3) is 5.20. The van der Waals surface area contributed by atoms with E-state index < -0.39 is 0 Å². The maximum atomic E-state index is 12.3. The molecule has 0 aliphatic rings. The van der Waals surface area contributed by atoms with Gasteiger partial charge >= 0.3 is 0 Å². The fraction of sp³-hybridized carbons (Fsp3) is 0.333. The number of carbonyl (C=O) groups is 1. The molecular weight excluding hydrogens is 418 g/mol. The van der Waals surface area contributed by atoms with Crippen LogP contribution in [0.5, 0.6) is 5.75 Å². The highest BCUT2D eigenvalue weighted by molar-refractivity contribution is 7.99. The first-order chi connectivity index (χ1) is 14.5. The molecule has 30 heavy (non-hydrogen) atoms. The van der Waals surface area contributed by atoms with Crippen molar-refractivity contribution in [1.29, 1.82) is 5.26 Å². The number of rotatable bonds is 9. The summed E-state index contributed by atoms with van der Waals surface area (Å²) in [5, 5.41) is 23.4. The third-order valence-corrected chi connectivity index (χ3v) is 6.24. The van der Waals surface area contributed by atoms with Crippen LogP contribution in [-0.2, 0) is 17.8 Å². The molecule has 3 rings (SSSR count). The van der Waals surface area contributed by atoms with E-state index in [2.05, 4.69) is 40.6 Å². The first kappa shape index (κ1) is 21.9. The zero-order valence-corrected chi connectivity index (χ0v) is 18.7. The second kappa shape index (κ2) is 10.3. The van der Waals surface area contributed by atoms with Gasteiger partial charge in [0.1, 0.15) is 16.8 Å². The van der Waals surface area contributed by atoms with Crippen molar-refractivity contribution in [3.8, 4) is 11.8 Å². The summed E-state index contributed by atoms with van der Waals surface area (Å²) in [6, 6.07) is 11.8. The van der Waals surface area contributed by atoms with E-state index in [4.69, 9.17) is 10.00 Å². The van der Waals surface area contributed by atoms with E-state index in [0.29, 0.717) is 28.1 Å². The summed E-state index contributed by atoms with van der Waals surface area (Å²) in [6.45, 7) is 6.72. The molecule has 2 aromatic heterocycles. The smallest absolute Gasteiger partial charge is 0.235 e. The summed E-state index contributed by atoms with van der Waals surface area (Å²) >= 11 is 2.64. The third-order valence-electron chi connectivity index (χ3n) is 4.44. The number of thioether (sulfide) groups is 1. The van der Waals surface area contributed by atoms with E-state index in [1.54, 1.807) is 11.4 Å². The number of nitriles is 1. The minimum atomic E-state index is -0.280. The molecule has 0 radical (unpaired) electrons. The van der Waals surface area contributed by atoms with Gasteiger partial charge in [-0.1, -0.05) is 30.8 Å². The van der Waals surface area contributed by atoms with Gasteiger partial charge in [0.2, 0.25) is 5.91 Å². The van der Waals surface area contributed by atoms with Crippen molar-refractivity contribution in [2.45, 2.75) is 45.0 Å². The van der Waals surface area contributed by atoms with Crippen LogP contribution >= 0.6 is 23.1 Å². The van der Waals surface area contributed by atoms with Crippen LogP contribution in [0.4, 0.5) is 5.00 Å². The van der Waals surface area contributed by atoms with Gasteiger partial charge in [0.15, 0.2) is 17.1 Å². The van der Waals surface area contributed by atoms with Gasteiger partial charge in [0, 0.05) is 6.54 Å². The lowest BCUT2D eigenvalue weighted by Gasteiger charge is -2.15. The van der Waals surface area contributed by atoms with E-state index in [1.165, 1.54) is 28.7 Å². The first-order valence-corrected chi connectivity index (χ1v) is 11.5. The average Bonchev–Trinajstić information content (AvgIpc) is 3.38. The fourth-order valence-electron chi connectivity index (χ4n) is 2.85. The second-order valence-corrected chi connectivity index (χ2v) is 8.31. The summed E-state index contributed by atoms with van der Waals surface area (Å²) in [5.74, 6) is 1.48. The Kier molecular flexibility index (Phi) is 7.49. The predicted octanol–water partition coefficient (Wildman–Crippen LogP) is 4.66. The molecule has 1 amide bonds. The topological polar surface area (TPSA) is 92.8 Å². The number of hydrogen-bond acceptors (Lipinski definition) is 7. The van der Waals surface area contributed by atoms with E-state index in [-0.39, 0.29) is 17.8 Å². The standard InChI is InChI=1S/C21H23N5O2S2/c1-4-15-6-8-17(9-7-15)28-14(3)19-24-25-21(26(19)5-2)30-13-18(27)23-20-16(12-22)10-11-29-20/h6-11,14H,4-5,13H2,1-3H3,(H,23,27). The van der Waals surface area contributed by atoms with Crippen molar-refractivity contribution in [3.05, 3.63) is 52.7 Å². The minimum Gasteiger partial charge on any atom is -0.483 e. The van der Waals surface area contributed by atoms with Crippen molar-refractivity contribution in [3.63, 3.8) is 0 Å². The van der Waals surface area contributed by atoms with Gasteiger partial charge in [-0.2, -0.15) is 5.26 Å². The molecule has 0 aliphatic heterocycles. The molecule has 0 aliphatic carbocycles. The lowest BCUT2D eigenvalue weighted by Crippen LogP contribution is -2.15. The number of hydrogen-bond donors (Lipinski definition) is 1. The van der Waals surface area contributed by atoms with Crippen LogP contribution in [0.15, 0.2) is 40.9 Å². The van der Waals surface area contributed by atoms with Crippen molar-refractivity contribution in [2.24, 2.45) is 0 Å². The molecule has 7 nitrogen and oxygen atoms in total. The maximum Gasteiger partial charge on any atom is 0.235 e. The van der Waals surface area contributed by atoms with Crippen molar-refractivity contribution in [1.82, 2.24) is 14.8 Å². The number of nitrogens with zero attached hydrogens (tertiary/aromatic N) is 4. The first-order valence-electron chi connectivity index (χ1n) is 9.64. The molecule has 0 saturated heterocycles. The number of aromatic nitrogens is 3. The number of ether oxygens (including phenoxy) is 1. The molecule has 156 valence electrons. The Morgan fingerprint density at radius 2 is 2.07 bits per heavy atom. The van der Waals surface area contributed by atoms with E-state index in [9.17, 15) is 4.79 Å². The highest BCUT2D eigenvalue weighted by atomic mass is 32.2. The van der Waals surface area contributed by atoms with Crippen LogP contribution in [0.25, 0.3) is 0 Å². The van der Waals surface area contributed by atoms with Crippen molar-refractivity contribution in [2.75, 3.05) is 11.1 Å². The summed E-state index contributed by atoms with van der Waals surface area (Å²) in [6.07, 6.45) is 0.704. The highest BCUT2D eigenvalue weighted by Gasteiger charge is 2.20. The molecule has 0 fully saturated rings. The number of aryl methyl sites for hydroxylation is 1. The largest absolute Gasteiger partial charge is 0.483 e. The Balaban J connectivity index is 1.63.